The molecule has 0 bridgehead atoms. The topological polar surface area (TPSA) is 26.3 Å². The predicted molar refractivity (Wildman–Crippen MR) is 61.5 cm³/mol. The van der Waals surface area contributed by atoms with Gasteiger partial charge in [-0.1, -0.05) is 6.58 Å². The van der Waals surface area contributed by atoms with E-state index in [4.69, 9.17) is 0 Å². The van der Waals surface area contributed by atoms with Crippen LogP contribution >= 0.6 is 0 Å². The second kappa shape index (κ2) is 7.14. The standard InChI is InChI=1S/C12H7F15O2/c1-3-29-5(28)4(2)6(13,14)8(16,17)10(20,21)9(18,19)7(15,11(22,23)24)12(25,26)27/h2-3H2,1H3. The average Bonchev–Trinajstić information content (AvgIpc) is 2.50. The Labute approximate surface area is 150 Å². The van der Waals surface area contributed by atoms with Gasteiger partial charge in [0.15, 0.2) is 0 Å². The highest BCUT2D eigenvalue weighted by Crippen LogP contribution is 2.64. The van der Waals surface area contributed by atoms with E-state index in [0.717, 1.165) is 6.92 Å². The average molecular weight is 468 g/mol. The highest BCUT2D eigenvalue weighted by molar-refractivity contribution is 5.89. The summed E-state index contributed by atoms with van der Waals surface area (Å²) < 4.78 is 198. The first-order valence-electron chi connectivity index (χ1n) is 6.59. The first-order chi connectivity index (χ1) is 12.4. The number of carbonyl (C=O) groups is 1. The summed E-state index contributed by atoms with van der Waals surface area (Å²) in [5.41, 5.74) is -11.4. The molecular weight excluding hydrogens is 461 g/mol. The second-order valence-electron chi connectivity index (χ2n) is 5.15. The minimum Gasteiger partial charge on any atom is -0.462 e. The third-order valence-electron chi connectivity index (χ3n) is 3.30. The molecule has 172 valence electrons. The number of hydrogen-bond acceptors (Lipinski definition) is 2. The fourth-order valence-electron chi connectivity index (χ4n) is 1.66. The Morgan fingerprint density at radius 1 is 0.690 bits per heavy atom. The summed E-state index contributed by atoms with van der Waals surface area (Å²) in [6.45, 7) is 1.79. The van der Waals surface area contributed by atoms with E-state index in [1.165, 1.54) is 0 Å². The summed E-state index contributed by atoms with van der Waals surface area (Å²) >= 11 is 0. The molecule has 0 aromatic carbocycles. The highest BCUT2D eigenvalue weighted by Gasteiger charge is 2.95. The van der Waals surface area contributed by atoms with E-state index in [1.54, 1.807) is 0 Å². The number of alkyl halides is 15. The Morgan fingerprint density at radius 2 is 1.03 bits per heavy atom. The van der Waals surface area contributed by atoms with Gasteiger partial charge in [0.1, 0.15) is 5.57 Å². The summed E-state index contributed by atoms with van der Waals surface area (Å²) in [7, 11) is 0. The molecule has 17 heteroatoms. The smallest absolute Gasteiger partial charge is 0.438 e. The maximum Gasteiger partial charge on any atom is 0.438 e. The summed E-state index contributed by atoms with van der Waals surface area (Å²) in [6.07, 6.45) is -16.0. The predicted octanol–water partition coefficient (Wildman–Crippen LogP) is 5.48. The summed E-state index contributed by atoms with van der Waals surface area (Å²) in [5.74, 6) is -34.3. The van der Waals surface area contributed by atoms with Gasteiger partial charge in [0, 0.05) is 0 Å². The molecule has 0 N–H and O–H groups in total. The number of hydrogen-bond donors (Lipinski definition) is 0. The molecule has 0 aliphatic heterocycles. The van der Waals surface area contributed by atoms with Crippen molar-refractivity contribution in [3.63, 3.8) is 0 Å². The fourth-order valence-corrected chi connectivity index (χ4v) is 1.66. The monoisotopic (exact) mass is 468 g/mol. The Balaban J connectivity index is 6.78. The van der Waals surface area contributed by atoms with Crippen molar-refractivity contribution in [2.45, 2.75) is 48.6 Å². The summed E-state index contributed by atoms with van der Waals surface area (Å²) in [5, 5.41) is 0. The van der Waals surface area contributed by atoms with Crippen LogP contribution in [0.5, 0.6) is 0 Å². The maximum absolute atomic E-state index is 13.5. The lowest BCUT2D eigenvalue weighted by molar-refractivity contribution is -0.454. The van der Waals surface area contributed by atoms with Crippen molar-refractivity contribution in [1.82, 2.24) is 0 Å². The van der Waals surface area contributed by atoms with E-state index < -0.39 is 59.9 Å². The fraction of sp³-hybridized carbons (Fsp3) is 0.750. The van der Waals surface area contributed by atoms with Gasteiger partial charge in [0.2, 0.25) is 0 Å². The van der Waals surface area contributed by atoms with Gasteiger partial charge in [0.25, 0.3) is 0 Å². The van der Waals surface area contributed by atoms with E-state index in [0.29, 0.717) is 0 Å². The van der Waals surface area contributed by atoms with Gasteiger partial charge < -0.3 is 4.74 Å². The molecular formula is C12H7F15O2. The van der Waals surface area contributed by atoms with Crippen LogP contribution in [-0.4, -0.2) is 54.3 Å². The van der Waals surface area contributed by atoms with Gasteiger partial charge in [-0.2, -0.15) is 61.5 Å². The van der Waals surface area contributed by atoms with Crippen molar-refractivity contribution in [3.8, 4) is 0 Å². The van der Waals surface area contributed by atoms with Crippen molar-refractivity contribution in [3.05, 3.63) is 12.2 Å². The molecule has 0 amide bonds. The molecule has 29 heavy (non-hydrogen) atoms. The van der Waals surface area contributed by atoms with Crippen molar-refractivity contribution in [2.75, 3.05) is 6.61 Å². The SMILES string of the molecule is C=C(C(=O)OCC)C(F)(F)C(F)(F)C(F)(F)C(F)(F)C(F)(C(F)(F)F)C(F)(F)F. The molecule has 0 aliphatic rings. The van der Waals surface area contributed by atoms with E-state index in [1.807, 2.05) is 6.58 Å². The Bertz CT molecular complexity index is 629. The molecule has 2 nitrogen and oxygen atoms in total. The quantitative estimate of drug-likeness (QED) is 0.281. The van der Waals surface area contributed by atoms with E-state index in [2.05, 4.69) is 4.74 Å². The lowest BCUT2D eigenvalue weighted by atomic mass is 9.84. The van der Waals surface area contributed by atoms with Crippen molar-refractivity contribution < 1.29 is 75.4 Å². The van der Waals surface area contributed by atoms with Crippen LogP contribution in [0.25, 0.3) is 0 Å². The van der Waals surface area contributed by atoms with Crippen LogP contribution in [0.2, 0.25) is 0 Å². The van der Waals surface area contributed by atoms with Crippen LogP contribution in [-0.2, 0) is 9.53 Å². The first kappa shape index (κ1) is 27.2. The van der Waals surface area contributed by atoms with Crippen LogP contribution in [0, 0.1) is 0 Å². The number of ether oxygens (including phenoxy) is 1. The molecule has 0 atom stereocenters. The zero-order chi connectivity index (χ0) is 24.1. The zero-order valence-electron chi connectivity index (χ0n) is 13.4. The number of carbonyl (C=O) groups excluding carboxylic acids is 1. The molecule has 0 saturated carbocycles. The number of halogens is 15. The van der Waals surface area contributed by atoms with Crippen LogP contribution in [0.3, 0.4) is 0 Å². The molecule has 0 aromatic heterocycles. The first-order valence-corrected chi connectivity index (χ1v) is 6.59. The van der Waals surface area contributed by atoms with Crippen LogP contribution in [0.1, 0.15) is 6.92 Å². The Kier molecular flexibility index (Phi) is 6.69. The summed E-state index contributed by atoms with van der Waals surface area (Å²) in [4.78, 5) is 10.9. The van der Waals surface area contributed by atoms with Gasteiger partial charge >= 0.3 is 47.7 Å². The minimum absolute atomic E-state index is 0.842. The molecule has 0 aromatic rings. The van der Waals surface area contributed by atoms with Crippen LogP contribution < -0.4 is 0 Å². The summed E-state index contributed by atoms with van der Waals surface area (Å²) in [6, 6.07) is 0. The lowest BCUT2D eigenvalue weighted by Crippen LogP contribution is -2.75. The Hall–Kier alpha value is -1.84. The highest BCUT2D eigenvalue weighted by atomic mass is 19.4. The lowest BCUT2D eigenvalue weighted by Gasteiger charge is -2.43. The van der Waals surface area contributed by atoms with Crippen molar-refractivity contribution in [2.24, 2.45) is 0 Å². The third kappa shape index (κ3) is 3.60. The second-order valence-corrected chi connectivity index (χ2v) is 5.15. The molecule has 0 rings (SSSR count). The van der Waals surface area contributed by atoms with Crippen LogP contribution in [0.4, 0.5) is 65.9 Å². The zero-order valence-corrected chi connectivity index (χ0v) is 13.4. The Morgan fingerprint density at radius 3 is 1.31 bits per heavy atom. The molecule has 0 aliphatic carbocycles. The van der Waals surface area contributed by atoms with Gasteiger partial charge in [-0.05, 0) is 6.92 Å². The van der Waals surface area contributed by atoms with Gasteiger partial charge in [0.05, 0.1) is 6.61 Å². The maximum atomic E-state index is 13.5. The molecule has 0 radical (unpaired) electrons. The van der Waals surface area contributed by atoms with Crippen LogP contribution in [0.15, 0.2) is 12.2 Å². The third-order valence-corrected chi connectivity index (χ3v) is 3.30. The van der Waals surface area contributed by atoms with Gasteiger partial charge in [-0.25, -0.2) is 9.18 Å². The van der Waals surface area contributed by atoms with E-state index >= 15 is 0 Å². The number of esters is 1. The molecule has 0 heterocycles. The molecule has 0 unspecified atom stereocenters. The van der Waals surface area contributed by atoms with Gasteiger partial charge in [-0.3, -0.25) is 0 Å². The van der Waals surface area contributed by atoms with Crippen molar-refractivity contribution >= 4 is 5.97 Å². The van der Waals surface area contributed by atoms with E-state index in [9.17, 15) is 70.7 Å². The largest absolute Gasteiger partial charge is 0.462 e. The van der Waals surface area contributed by atoms with Crippen molar-refractivity contribution in [1.29, 1.82) is 0 Å². The van der Waals surface area contributed by atoms with E-state index in [-0.39, 0.29) is 0 Å². The molecule has 0 saturated heterocycles. The minimum atomic E-state index is -8.54. The van der Waals surface area contributed by atoms with Gasteiger partial charge in [-0.15, -0.1) is 0 Å². The molecule has 0 spiro atoms. The molecule has 0 fully saturated rings. The number of rotatable bonds is 7. The normalized spacial score (nSPS) is 15.3.